The zero-order valence-electron chi connectivity index (χ0n) is 8.35. The number of para-hydroxylation sites is 1. The first-order chi connectivity index (χ1) is 6.83. The maximum atomic E-state index is 8.64. The molecule has 0 fully saturated rings. The highest BCUT2D eigenvalue weighted by Gasteiger charge is 2.02. The molecule has 1 aromatic rings. The summed E-state index contributed by atoms with van der Waals surface area (Å²) in [6.45, 7) is 3.03. The smallest absolute Gasteiger partial charge is 0.119 e. The van der Waals surface area contributed by atoms with Crippen LogP contribution >= 0.6 is 11.8 Å². The van der Waals surface area contributed by atoms with Gasteiger partial charge in [0.25, 0.3) is 0 Å². The van der Waals surface area contributed by atoms with Gasteiger partial charge in [-0.05, 0) is 19.1 Å². The fourth-order valence-corrected chi connectivity index (χ4v) is 1.70. The maximum Gasteiger partial charge on any atom is 0.119 e. The van der Waals surface area contributed by atoms with Crippen LogP contribution in [0.15, 0.2) is 30.3 Å². The molecule has 1 aromatic carbocycles. The van der Waals surface area contributed by atoms with E-state index in [9.17, 15) is 0 Å². The van der Waals surface area contributed by atoms with E-state index in [1.807, 2.05) is 30.3 Å². The van der Waals surface area contributed by atoms with Crippen LogP contribution in [0, 0.1) is 0 Å². The van der Waals surface area contributed by atoms with Gasteiger partial charge in [-0.25, -0.2) is 0 Å². The Hall–Kier alpha value is -0.670. The largest absolute Gasteiger partial charge is 0.492 e. The standard InChI is InChI=1S/C11H16O2S/c1-10(14-8-7-12)9-13-11-5-3-2-4-6-11/h2-6,10,12H,7-9H2,1H3. The van der Waals surface area contributed by atoms with Crippen LogP contribution in [0.3, 0.4) is 0 Å². The van der Waals surface area contributed by atoms with E-state index in [-0.39, 0.29) is 6.61 Å². The van der Waals surface area contributed by atoms with Gasteiger partial charge in [-0.3, -0.25) is 0 Å². The molecular weight excluding hydrogens is 196 g/mol. The molecule has 0 heterocycles. The highest BCUT2D eigenvalue weighted by molar-refractivity contribution is 7.99. The third-order valence-electron chi connectivity index (χ3n) is 1.72. The van der Waals surface area contributed by atoms with E-state index in [4.69, 9.17) is 9.84 Å². The predicted octanol–water partition coefficient (Wildman–Crippen LogP) is 2.18. The number of aliphatic hydroxyl groups excluding tert-OH is 1. The molecule has 0 aromatic heterocycles. The summed E-state index contributed by atoms with van der Waals surface area (Å²) in [6.07, 6.45) is 0. The molecule has 0 aliphatic carbocycles. The van der Waals surface area contributed by atoms with Crippen molar-refractivity contribution in [3.05, 3.63) is 30.3 Å². The van der Waals surface area contributed by atoms with Crippen molar-refractivity contribution in [3.8, 4) is 5.75 Å². The Labute approximate surface area is 89.3 Å². The van der Waals surface area contributed by atoms with E-state index < -0.39 is 0 Å². The Morgan fingerprint density at radius 1 is 1.36 bits per heavy atom. The van der Waals surface area contributed by atoms with Crippen molar-refractivity contribution >= 4 is 11.8 Å². The van der Waals surface area contributed by atoms with Crippen molar-refractivity contribution in [2.24, 2.45) is 0 Å². The first-order valence-corrected chi connectivity index (χ1v) is 5.78. The maximum absolute atomic E-state index is 8.64. The highest BCUT2D eigenvalue weighted by atomic mass is 32.2. The fraction of sp³-hybridized carbons (Fsp3) is 0.455. The van der Waals surface area contributed by atoms with Crippen molar-refractivity contribution in [2.45, 2.75) is 12.2 Å². The van der Waals surface area contributed by atoms with E-state index in [0.29, 0.717) is 11.9 Å². The summed E-state index contributed by atoms with van der Waals surface area (Å²) in [5, 5.41) is 9.06. The second kappa shape index (κ2) is 6.74. The van der Waals surface area contributed by atoms with E-state index in [1.54, 1.807) is 11.8 Å². The van der Waals surface area contributed by atoms with Crippen LogP contribution in [0.25, 0.3) is 0 Å². The van der Waals surface area contributed by atoms with Gasteiger partial charge in [0.1, 0.15) is 5.75 Å². The number of aliphatic hydroxyl groups is 1. The van der Waals surface area contributed by atoms with Crippen molar-refractivity contribution in [3.63, 3.8) is 0 Å². The average Bonchev–Trinajstić information content (AvgIpc) is 2.25. The normalized spacial score (nSPS) is 12.4. The lowest BCUT2D eigenvalue weighted by atomic mass is 10.3. The van der Waals surface area contributed by atoms with E-state index in [2.05, 4.69) is 6.92 Å². The number of benzene rings is 1. The number of rotatable bonds is 6. The van der Waals surface area contributed by atoms with Gasteiger partial charge in [0.15, 0.2) is 0 Å². The van der Waals surface area contributed by atoms with Gasteiger partial charge in [-0.2, -0.15) is 11.8 Å². The molecule has 1 atom stereocenters. The van der Waals surface area contributed by atoms with Crippen LogP contribution in [0.1, 0.15) is 6.92 Å². The van der Waals surface area contributed by atoms with Gasteiger partial charge in [-0.15, -0.1) is 0 Å². The van der Waals surface area contributed by atoms with Gasteiger partial charge >= 0.3 is 0 Å². The lowest BCUT2D eigenvalue weighted by Crippen LogP contribution is -2.11. The van der Waals surface area contributed by atoms with E-state index in [1.165, 1.54) is 0 Å². The average molecular weight is 212 g/mol. The molecule has 14 heavy (non-hydrogen) atoms. The summed E-state index contributed by atoms with van der Waals surface area (Å²) in [5.74, 6) is 1.68. The van der Waals surface area contributed by atoms with E-state index >= 15 is 0 Å². The van der Waals surface area contributed by atoms with E-state index in [0.717, 1.165) is 11.5 Å². The predicted molar refractivity (Wildman–Crippen MR) is 60.9 cm³/mol. The lowest BCUT2D eigenvalue weighted by molar-refractivity contribution is 0.316. The Balaban J connectivity index is 2.20. The van der Waals surface area contributed by atoms with Crippen LogP contribution in [0.5, 0.6) is 5.75 Å². The molecule has 2 nitrogen and oxygen atoms in total. The first-order valence-electron chi connectivity index (χ1n) is 4.73. The topological polar surface area (TPSA) is 29.5 Å². The molecule has 0 saturated heterocycles. The summed E-state index contributed by atoms with van der Waals surface area (Å²) in [6, 6.07) is 9.78. The lowest BCUT2D eigenvalue weighted by Gasteiger charge is -2.11. The minimum Gasteiger partial charge on any atom is -0.492 e. The number of thioether (sulfide) groups is 1. The van der Waals surface area contributed by atoms with Crippen LogP contribution in [0.4, 0.5) is 0 Å². The molecule has 1 rings (SSSR count). The van der Waals surface area contributed by atoms with Crippen LogP contribution in [-0.4, -0.2) is 29.3 Å². The van der Waals surface area contributed by atoms with Crippen molar-refractivity contribution in [1.29, 1.82) is 0 Å². The molecular formula is C11H16O2S. The summed E-state index contributed by atoms with van der Waals surface area (Å²) in [5.41, 5.74) is 0. The second-order valence-electron chi connectivity index (χ2n) is 3.03. The molecule has 1 N–H and O–H groups in total. The van der Waals surface area contributed by atoms with Crippen LogP contribution in [0.2, 0.25) is 0 Å². The molecule has 0 spiro atoms. The van der Waals surface area contributed by atoms with Crippen molar-refractivity contribution in [2.75, 3.05) is 19.0 Å². The first kappa shape index (κ1) is 11.4. The Bertz CT molecular complexity index is 238. The summed E-state index contributed by atoms with van der Waals surface area (Å²) >= 11 is 1.72. The summed E-state index contributed by atoms with van der Waals surface area (Å²) in [7, 11) is 0. The number of hydrogen-bond acceptors (Lipinski definition) is 3. The summed E-state index contributed by atoms with van der Waals surface area (Å²) in [4.78, 5) is 0. The van der Waals surface area contributed by atoms with Crippen molar-refractivity contribution < 1.29 is 9.84 Å². The molecule has 0 saturated carbocycles. The number of ether oxygens (including phenoxy) is 1. The molecule has 0 radical (unpaired) electrons. The SMILES string of the molecule is CC(COc1ccccc1)SCCO. The Morgan fingerprint density at radius 3 is 2.71 bits per heavy atom. The monoisotopic (exact) mass is 212 g/mol. The van der Waals surface area contributed by atoms with Crippen LogP contribution in [-0.2, 0) is 0 Å². The Kier molecular flexibility index (Phi) is 5.49. The molecule has 1 unspecified atom stereocenters. The van der Waals surface area contributed by atoms with Gasteiger partial charge < -0.3 is 9.84 Å². The molecule has 78 valence electrons. The summed E-state index contributed by atoms with van der Waals surface area (Å²) < 4.78 is 5.56. The van der Waals surface area contributed by atoms with Crippen molar-refractivity contribution in [1.82, 2.24) is 0 Å². The number of hydrogen-bond donors (Lipinski definition) is 1. The third-order valence-corrected chi connectivity index (χ3v) is 2.84. The van der Waals surface area contributed by atoms with Crippen LogP contribution < -0.4 is 4.74 Å². The molecule has 0 bridgehead atoms. The molecule has 3 heteroatoms. The highest BCUT2D eigenvalue weighted by Crippen LogP contribution is 2.13. The second-order valence-corrected chi connectivity index (χ2v) is 4.58. The zero-order chi connectivity index (χ0) is 10.2. The van der Waals surface area contributed by atoms with Gasteiger partial charge in [0, 0.05) is 11.0 Å². The Morgan fingerprint density at radius 2 is 2.07 bits per heavy atom. The molecule has 0 aliphatic heterocycles. The zero-order valence-corrected chi connectivity index (χ0v) is 9.17. The third kappa shape index (κ3) is 4.53. The van der Waals surface area contributed by atoms with Gasteiger partial charge in [-0.1, -0.05) is 18.2 Å². The minimum absolute atomic E-state index is 0.236. The molecule has 0 amide bonds. The van der Waals surface area contributed by atoms with Gasteiger partial charge in [0.2, 0.25) is 0 Å². The quantitative estimate of drug-likeness (QED) is 0.783. The van der Waals surface area contributed by atoms with Gasteiger partial charge in [0.05, 0.1) is 13.2 Å². The minimum atomic E-state index is 0.236. The molecule has 0 aliphatic rings. The fourth-order valence-electron chi connectivity index (χ4n) is 1.03.